The molecule has 0 aliphatic carbocycles. The number of hydrogen-bond acceptors (Lipinski definition) is 2. The molecule has 0 atom stereocenters. The van der Waals surface area contributed by atoms with Crippen LogP contribution in [0.5, 0.6) is 5.75 Å². The van der Waals surface area contributed by atoms with Crippen molar-refractivity contribution in [3.05, 3.63) is 42.0 Å². The summed E-state index contributed by atoms with van der Waals surface area (Å²) >= 11 is 0. The molecule has 0 bridgehead atoms. The van der Waals surface area contributed by atoms with Crippen LogP contribution in [0.2, 0.25) is 0 Å². The van der Waals surface area contributed by atoms with Crippen molar-refractivity contribution in [2.75, 3.05) is 6.61 Å². The number of carboxylic acid groups (broad SMARTS) is 1. The van der Waals surface area contributed by atoms with Gasteiger partial charge in [0.15, 0.2) is 0 Å². The third-order valence-electron chi connectivity index (χ3n) is 3.87. The molecule has 22 heavy (non-hydrogen) atoms. The first-order valence-corrected chi connectivity index (χ1v) is 8.12. The van der Waals surface area contributed by atoms with Crippen LogP contribution in [-0.2, 0) is 0 Å². The molecule has 2 aromatic rings. The van der Waals surface area contributed by atoms with Crippen LogP contribution < -0.4 is 4.74 Å². The van der Waals surface area contributed by atoms with Gasteiger partial charge in [0.25, 0.3) is 0 Å². The van der Waals surface area contributed by atoms with Gasteiger partial charge in [-0.2, -0.15) is 0 Å². The second-order valence-electron chi connectivity index (χ2n) is 5.58. The fraction of sp³-hybridized carbons (Fsp3) is 0.421. The lowest BCUT2D eigenvalue weighted by Gasteiger charge is -2.10. The van der Waals surface area contributed by atoms with Gasteiger partial charge in [-0.1, -0.05) is 63.3 Å². The number of carbonyl (C=O) groups is 1. The van der Waals surface area contributed by atoms with Gasteiger partial charge in [-0.15, -0.1) is 0 Å². The molecule has 0 unspecified atom stereocenters. The SMILES string of the molecule is CCCCCCCCOc1cccc2c(C(=O)O)cccc12. The van der Waals surface area contributed by atoms with Crippen molar-refractivity contribution < 1.29 is 14.6 Å². The number of benzene rings is 2. The molecule has 118 valence electrons. The average Bonchev–Trinajstić information content (AvgIpc) is 2.53. The van der Waals surface area contributed by atoms with Crippen LogP contribution in [0.1, 0.15) is 55.8 Å². The van der Waals surface area contributed by atoms with E-state index in [9.17, 15) is 9.90 Å². The minimum Gasteiger partial charge on any atom is -0.493 e. The molecule has 1 N–H and O–H groups in total. The Labute approximate surface area is 131 Å². The minimum atomic E-state index is -0.904. The topological polar surface area (TPSA) is 46.5 Å². The Kier molecular flexibility index (Phi) is 6.26. The monoisotopic (exact) mass is 300 g/mol. The van der Waals surface area contributed by atoms with Gasteiger partial charge in [0.1, 0.15) is 5.75 Å². The van der Waals surface area contributed by atoms with Gasteiger partial charge >= 0.3 is 5.97 Å². The van der Waals surface area contributed by atoms with Gasteiger partial charge in [-0.3, -0.25) is 0 Å². The molecule has 2 rings (SSSR count). The zero-order valence-electron chi connectivity index (χ0n) is 13.2. The number of carboxylic acids is 1. The van der Waals surface area contributed by atoms with E-state index in [0.717, 1.165) is 22.9 Å². The van der Waals surface area contributed by atoms with Crippen LogP contribution in [0.15, 0.2) is 36.4 Å². The van der Waals surface area contributed by atoms with E-state index in [1.54, 1.807) is 12.1 Å². The molecule has 0 aliphatic heterocycles. The van der Waals surface area contributed by atoms with Gasteiger partial charge in [-0.05, 0) is 23.9 Å². The molecule has 0 amide bonds. The smallest absolute Gasteiger partial charge is 0.336 e. The fourth-order valence-electron chi connectivity index (χ4n) is 2.66. The first-order valence-electron chi connectivity index (χ1n) is 8.12. The molecular formula is C19H24O3. The Balaban J connectivity index is 1.97. The zero-order valence-corrected chi connectivity index (χ0v) is 13.2. The standard InChI is InChI=1S/C19H24O3/c1-2-3-4-5-6-7-14-22-18-13-9-10-15-16(18)11-8-12-17(15)19(20)21/h8-13H,2-7,14H2,1H3,(H,20,21). The summed E-state index contributed by atoms with van der Waals surface area (Å²) in [5.74, 6) is -0.132. The third-order valence-corrected chi connectivity index (χ3v) is 3.87. The quantitative estimate of drug-likeness (QED) is 0.641. The molecule has 0 radical (unpaired) electrons. The summed E-state index contributed by atoms with van der Waals surface area (Å²) in [6, 6.07) is 10.9. The van der Waals surface area contributed by atoms with Crippen molar-refractivity contribution >= 4 is 16.7 Å². The summed E-state index contributed by atoms with van der Waals surface area (Å²) in [5.41, 5.74) is 0.322. The van der Waals surface area contributed by atoms with E-state index >= 15 is 0 Å². The number of ether oxygens (including phenoxy) is 1. The van der Waals surface area contributed by atoms with E-state index in [1.807, 2.05) is 24.3 Å². The van der Waals surface area contributed by atoms with Crippen LogP contribution >= 0.6 is 0 Å². The maximum Gasteiger partial charge on any atom is 0.336 e. The Morgan fingerprint density at radius 1 is 0.955 bits per heavy atom. The molecule has 0 aromatic heterocycles. The second-order valence-corrected chi connectivity index (χ2v) is 5.58. The molecule has 0 fully saturated rings. The molecule has 0 saturated heterocycles. The summed E-state index contributed by atoms with van der Waals surface area (Å²) < 4.78 is 5.87. The van der Waals surface area contributed by atoms with E-state index in [2.05, 4.69) is 6.92 Å². The lowest BCUT2D eigenvalue weighted by atomic mass is 10.0. The highest BCUT2D eigenvalue weighted by atomic mass is 16.5. The van der Waals surface area contributed by atoms with Gasteiger partial charge < -0.3 is 9.84 Å². The van der Waals surface area contributed by atoms with Crippen molar-refractivity contribution in [3.8, 4) is 5.75 Å². The number of fused-ring (bicyclic) bond motifs is 1. The van der Waals surface area contributed by atoms with Crippen molar-refractivity contribution in [3.63, 3.8) is 0 Å². The summed E-state index contributed by atoms with van der Waals surface area (Å²) in [5, 5.41) is 10.9. The first kappa shape index (κ1) is 16.3. The molecule has 3 heteroatoms. The van der Waals surface area contributed by atoms with Crippen molar-refractivity contribution in [2.45, 2.75) is 45.4 Å². The van der Waals surface area contributed by atoms with Crippen LogP contribution in [0.3, 0.4) is 0 Å². The summed E-state index contributed by atoms with van der Waals surface area (Å²) in [7, 11) is 0. The Morgan fingerprint density at radius 2 is 1.64 bits per heavy atom. The predicted molar refractivity (Wildman–Crippen MR) is 89.8 cm³/mol. The van der Waals surface area contributed by atoms with E-state index in [0.29, 0.717) is 12.2 Å². The molecule has 0 saturated carbocycles. The van der Waals surface area contributed by atoms with Crippen LogP contribution in [-0.4, -0.2) is 17.7 Å². The second kappa shape index (κ2) is 8.42. The molecule has 0 spiro atoms. The molecule has 0 heterocycles. The Bertz CT molecular complexity index is 619. The van der Waals surface area contributed by atoms with Crippen molar-refractivity contribution in [1.82, 2.24) is 0 Å². The number of aromatic carboxylic acids is 1. The van der Waals surface area contributed by atoms with Crippen LogP contribution in [0.4, 0.5) is 0 Å². The molecular weight excluding hydrogens is 276 g/mol. The van der Waals surface area contributed by atoms with E-state index in [-0.39, 0.29) is 0 Å². The van der Waals surface area contributed by atoms with E-state index in [1.165, 1.54) is 32.1 Å². The molecule has 3 nitrogen and oxygen atoms in total. The van der Waals surface area contributed by atoms with Crippen molar-refractivity contribution in [2.24, 2.45) is 0 Å². The van der Waals surface area contributed by atoms with Gasteiger partial charge in [0, 0.05) is 5.39 Å². The zero-order chi connectivity index (χ0) is 15.8. The number of rotatable bonds is 9. The maximum atomic E-state index is 11.3. The number of unbranched alkanes of at least 4 members (excludes halogenated alkanes) is 5. The maximum absolute atomic E-state index is 11.3. The lowest BCUT2D eigenvalue weighted by molar-refractivity contribution is 0.0699. The first-order chi connectivity index (χ1) is 10.7. The third kappa shape index (κ3) is 4.23. The Morgan fingerprint density at radius 3 is 2.41 bits per heavy atom. The van der Waals surface area contributed by atoms with Crippen molar-refractivity contribution in [1.29, 1.82) is 0 Å². The van der Waals surface area contributed by atoms with E-state index in [4.69, 9.17) is 4.74 Å². The Hall–Kier alpha value is -2.03. The van der Waals surface area contributed by atoms with Gasteiger partial charge in [0.2, 0.25) is 0 Å². The largest absolute Gasteiger partial charge is 0.493 e. The highest BCUT2D eigenvalue weighted by Gasteiger charge is 2.10. The highest BCUT2D eigenvalue weighted by molar-refractivity contribution is 6.05. The normalized spacial score (nSPS) is 10.8. The summed E-state index contributed by atoms with van der Waals surface area (Å²) in [4.78, 5) is 11.3. The van der Waals surface area contributed by atoms with Gasteiger partial charge in [-0.25, -0.2) is 4.79 Å². The summed E-state index contributed by atoms with van der Waals surface area (Å²) in [6.07, 6.45) is 7.35. The lowest BCUT2D eigenvalue weighted by Crippen LogP contribution is -2.00. The van der Waals surface area contributed by atoms with Crippen LogP contribution in [0, 0.1) is 0 Å². The summed E-state index contributed by atoms with van der Waals surface area (Å²) in [6.45, 7) is 2.90. The predicted octanol–water partition coefficient (Wildman–Crippen LogP) is 5.28. The van der Waals surface area contributed by atoms with Crippen LogP contribution in [0.25, 0.3) is 10.8 Å². The van der Waals surface area contributed by atoms with Gasteiger partial charge in [0.05, 0.1) is 12.2 Å². The fourth-order valence-corrected chi connectivity index (χ4v) is 2.66. The number of hydrogen-bond donors (Lipinski definition) is 1. The molecule has 0 aliphatic rings. The molecule has 2 aromatic carbocycles. The van der Waals surface area contributed by atoms with E-state index < -0.39 is 5.97 Å². The highest BCUT2D eigenvalue weighted by Crippen LogP contribution is 2.28. The minimum absolute atomic E-state index is 0.322. The average molecular weight is 300 g/mol.